The number of carbonyl (C=O) groups is 2. The van der Waals surface area contributed by atoms with E-state index in [9.17, 15) is 9.59 Å². The molecule has 0 bridgehead atoms. The highest BCUT2D eigenvalue weighted by atomic mass is 79.9. The summed E-state index contributed by atoms with van der Waals surface area (Å²) < 4.78 is 6.27. The highest BCUT2D eigenvalue weighted by Crippen LogP contribution is 2.21. The van der Waals surface area contributed by atoms with Crippen LogP contribution in [0.5, 0.6) is 0 Å². The van der Waals surface area contributed by atoms with Crippen LogP contribution in [0.15, 0.2) is 21.3 Å². The third-order valence-electron chi connectivity index (χ3n) is 3.29. The molecule has 1 aromatic rings. The molecule has 6 nitrogen and oxygen atoms in total. The maximum absolute atomic E-state index is 11.7. The average Bonchev–Trinajstić information content (AvgIpc) is 2.97. The van der Waals surface area contributed by atoms with Gasteiger partial charge in [0.2, 0.25) is 11.8 Å². The van der Waals surface area contributed by atoms with Gasteiger partial charge in [0.1, 0.15) is 0 Å². The van der Waals surface area contributed by atoms with Gasteiger partial charge in [-0.2, -0.15) is 0 Å². The third kappa shape index (κ3) is 7.26. The molecule has 0 radical (unpaired) electrons. The lowest BCUT2D eigenvalue weighted by Crippen LogP contribution is -2.43. The van der Waals surface area contributed by atoms with Gasteiger partial charge >= 0.3 is 0 Å². The van der Waals surface area contributed by atoms with Crippen molar-refractivity contribution in [2.45, 2.75) is 0 Å². The standard InChI is InChI=1S/C15H20BrN3O3S/c16-13-9-12(11-23-13)1-2-14(20)18-10-15(21)17-3-4-19-5-7-22-8-6-19/h1-2,9,11H,3-8,10H2,(H,17,21)(H,18,20). The normalized spacial score (nSPS) is 15.7. The zero-order valence-corrected chi connectivity index (χ0v) is 15.1. The number of ether oxygens (including phenoxy) is 1. The summed E-state index contributed by atoms with van der Waals surface area (Å²) in [7, 11) is 0. The van der Waals surface area contributed by atoms with Crippen LogP contribution in [0.2, 0.25) is 0 Å². The fraction of sp³-hybridized carbons (Fsp3) is 0.467. The van der Waals surface area contributed by atoms with Gasteiger partial charge in [-0.15, -0.1) is 11.3 Å². The fourth-order valence-corrected chi connectivity index (χ4v) is 3.19. The van der Waals surface area contributed by atoms with E-state index < -0.39 is 0 Å². The number of halogens is 1. The molecule has 1 aromatic heterocycles. The molecule has 23 heavy (non-hydrogen) atoms. The highest BCUT2D eigenvalue weighted by molar-refractivity contribution is 9.11. The van der Waals surface area contributed by atoms with Crippen LogP contribution in [0.1, 0.15) is 5.56 Å². The molecule has 0 unspecified atom stereocenters. The van der Waals surface area contributed by atoms with Crippen molar-refractivity contribution in [2.24, 2.45) is 0 Å². The average molecular weight is 402 g/mol. The second-order valence-corrected chi connectivity index (χ2v) is 7.33. The van der Waals surface area contributed by atoms with Gasteiger partial charge in [-0.1, -0.05) is 0 Å². The largest absolute Gasteiger partial charge is 0.379 e. The van der Waals surface area contributed by atoms with Gasteiger partial charge in [-0.05, 0) is 39.0 Å². The van der Waals surface area contributed by atoms with Gasteiger partial charge in [0.05, 0.1) is 23.5 Å². The summed E-state index contributed by atoms with van der Waals surface area (Å²) in [5, 5.41) is 7.30. The summed E-state index contributed by atoms with van der Waals surface area (Å²) in [6, 6.07) is 1.92. The minimum Gasteiger partial charge on any atom is -0.379 e. The van der Waals surface area contributed by atoms with Crippen molar-refractivity contribution in [3.63, 3.8) is 0 Å². The molecule has 126 valence electrons. The summed E-state index contributed by atoms with van der Waals surface area (Å²) in [6.07, 6.45) is 3.14. The second-order valence-electron chi connectivity index (χ2n) is 5.04. The fourth-order valence-electron chi connectivity index (χ4n) is 2.05. The summed E-state index contributed by atoms with van der Waals surface area (Å²) in [5.41, 5.74) is 0.951. The van der Waals surface area contributed by atoms with Crippen molar-refractivity contribution >= 4 is 45.2 Å². The summed E-state index contributed by atoms with van der Waals surface area (Å²) in [4.78, 5) is 25.5. The summed E-state index contributed by atoms with van der Waals surface area (Å²) in [5.74, 6) is -0.464. The van der Waals surface area contributed by atoms with Crippen molar-refractivity contribution in [3.8, 4) is 0 Å². The molecule has 1 saturated heterocycles. The first-order chi connectivity index (χ1) is 11.1. The molecule has 0 atom stereocenters. The minimum absolute atomic E-state index is 0.0143. The Hall–Kier alpha value is -1.22. The Morgan fingerprint density at radius 2 is 2.13 bits per heavy atom. The van der Waals surface area contributed by atoms with Crippen molar-refractivity contribution in [1.82, 2.24) is 15.5 Å². The molecule has 1 fully saturated rings. The van der Waals surface area contributed by atoms with E-state index in [-0.39, 0.29) is 18.4 Å². The van der Waals surface area contributed by atoms with Crippen molar-refractivity contribution < 1.29 is 14.3 Å². The molecule has 2 N–H and O–H groups in total. The Kier molecular flexibility index (Phi) is 7.73. The topological polar surface area (TPSA) is 70.7 Å². The van der Waals surface area contributed by atoms with Crippen molar-refractivity contribution in [1.29, 1.82) is 0 Å². The van der Waals surface area contributed by atoms with E-state index in [2.05, 4.69) is 31.5 Å². The quantitative estimate of drug-likeness (QED) is 0.670. The number of hydrogen-bond acceptors (Lipinski definition) is 5. The van der Waals surface area contributed by atoms with Gasteiger partial charge < -0.3 is 15.4 Å². The maximum atomic E-state index is 11.7. The Bertz CT molecular complexity index is 556. The van der Waals surface area contributed by atoms with Crippen LogP contribution in [0, 0.1) is 0 Å². The van der Waals surface area contributed by atoms with Gasteiger partial charge in [0, 0.05) is 32.3 Å². The lowest BCUT2D eigenvalue weighted by molar-refractivity contribution is -0.124. The van der Waals surface area contributed by atoms with Crippen LogP contribution in [-0.2, 0) is 14.3 Å². The molecule has 1 aliphatic heterocycles. The van der Waals surface area contributed by atoms with E-state index in [1.807, 2.05) is 11.4 Å². The predicted molar refractivity (Wildman–Crippen MR) is 94.3 cm³/mol. The number of amides is 2. The monoisotopic (exact) mass is 401 g/mol. The molecule has 0 spiro atoms. The van der Waals surface area contributed by atoms with Crippen LogP contribution >= 0.6 is 27.3 Å². The lowest BCUT2D eigenvalue weighted by Gasteiger charge is -2.26. The zero-order chi connectivity index (χ0) is 16.5. The lowest BCUT2D eigenvalue weighted by atomic mass is 10.3. The van der Waals surface area contributed by atoms with Gasteiger partial charge in [0.25, 0.3) is 0 Å². The highest BCUT2D eigenvalue weighted by Gasteiger charge is 2.10. The number of morpholine rings is 1. The third-order valence-corrected chi connectivity index (χ3v) is 4.81. The van der Waals surface area contributed by atoms with Gasteiger partial charge in [-0.25, -0.2) is 0 Å². The SMILES string of the molecule is O=C(C=Cc1csc(Br)c1)NCC(=O)NCCN1CCOCC1. The molecular weight excluding hydrogens is 382 g/mol. The molecule has 2 amide bonds. The number of nitrogens with zero attached hydrogens (tertiary/aromatic N) is 1. The van der Waals surface area contributed by atoms with E-state index >= 15 is 0 Å². The molecule has 0 saturated carbocycles. The van der Waals surface area contributed by atoms with Gasteiger partial charge in [0.15, 0.2) is 0 Å². The van der Waals surface area contributed by atoms with E-state index in [4.69, 9.17) is 4.74 Å². The molecule has 8 heteroatoms. The minimum atomic E-state index is -0.282. The molecule has 2 heterocycles. The molecular formula is C15H20BrN3O3S. The van der Waals surface area contributed by atoms with Crippen LogP contribution in [-0.4, -0.2) is 62.7 Å². The maximum Gasteiger partial charge on any atom is 0.244 e. The zero-order valence-electron chi connectivity index (χ0n) is 12.7. The van der Waals surface area contributed by atoms with Crippen LogP contribution < -0.4 is 10.6 Å². The Morgan fingerprint density at radius 1 is 1.35 bits per heavy atom. The van der Waals surface area contributed by atoms with Gasteiger partial charge in [-0.3, -0.25) is 14.5 Å². The summed E-state index contributed by atoms with van der Waals surface area (Å²) in [6.45, 7) is 4.66. The van der Waals surface area contributed by atoms with Crippen LogP contribution in [0.25, 0.3) is 6.08 Å². The summed E-state index contributed by atoms with van der Waals surface area (Å²) >= 11 is 4.92. The molecule has 2 rings (SSSR count). The first-order valence-corrected chi connectivity index (χ1v) is 9.07. The predicted octanol–water partition coefficient (Wildman–Crippen LogP) is 1.09. The first-order valence-electron chi connectivity index (χ1n) is 7.40. The van der Waals surface area contributed by atoms with E-state index in [1.165, 1.54) is 6.08 Å². The van der Waals surface area contributed by atoms with Crippen molar-refractivity contribution in [3.05, 3.63) is 26.9 Å². The number of thiophene rings is 1. The van der Waals surface area contributed by atoms with E-state index in [0.29, 0.717) is 6.54 Å². The number of nitrogens with one attached hydrogen (secondary N) is 2. The Balaban J connectivity index is 1.58. The first kappa shape index (κ1) is 18.1. The molecule has 1 aliphatic rings. The number of rotatable bonds is 7. The second kappa shape index (κ2) is 9.82. The Labute approximate surface area is 148 Å². The Morgan fingerprint density at radius 3 is 2.83 bits per heavy atom. The molecule has 0 aromatic carbocycles. The van der Waals surface area contributed by atoms with Crippen LogP contribution in [0.4, 0.5) is 0 Å². The smallest absolute Gasteiger partial charge is 0.244 e. The molecule has 0 aliphatic carbocycles. The van der Waals surface area contributed by atoms with Crippen molar-refractivity contribution in [2.75, 3.05) is 45.9 Å². The van der Waals surface area contributed by atoms with E-state index in [0.717, 1.165) is 42.2 Å². The van der Waals surface area contributed by atoms with E-state index in [1.54, 1.807) is 17.4 Å². The number of hydrogen-bond donors (Lipinski definition) is 2. The number of carbonyl (C=O) groups excluding carboxylic acids is 2. The van der Waals surface area contributed by atoms with Crippen LogP contribution in [0.3, 0.4) is 0 Å².